The Kier molecular flexibility index (Phi) is 5.94. The zero-order chi connectivity index (χ0) is 23.4. The molecule has 4 heterocycles. The SMILES string of the molecule is COC1(c2ncc3nc(-c4cc(C(=O)c5cccnc5C(F)(F)F)c[nH]4)[nH]c3c2F)CCC1.Cl. The molecule has 0 aromatic carbocycles. The first kappa shape index (κ1) is 23.8. The van der Waals surface area contributed by atoms with Crippen molar-refractivity contribution in [3.05, 3.63) is 65.1 Å². The number of rotatable bonds is 5. The molecule has 0 radical (unpaired) electrons. The smallest absolute Gasteiger partial charge is 0.372 e. The summed E-state index contributed by atoms with van der Waals surface area (Å²) in [5.74, 6) is -1.21. The van der Waals surface area contributed by atoms with Crippen LogP contribution in [-0.4, -0.2) is 37.8 Å². The summed E-state index contributed by atoms with van der Waals surface area (Å²) in [5.41, 5.74) is -1.68. The Morgan fingerprint density at radius 1 is 1.24 bits per heavy atom. The van der Waals surface area contributed by atoms with E-state index in [1.54, 1.807) is 0 Å². The van der Waals surface area contributed by atoms with E-state index in [0.29, 0.717) is 18.5 Å². The first-order chi connectivity index (χ1) is 15.7. The van der Waals surface area contributed by atoms with Gasteiger partial charge in [-0.1, -0.05) is 0 Å². The molecule has 0 unspecified atom stereocenters. The van der Waals surface area contributed by atoms with E-state index >= 15 is 4.39 Å². The minimum absolute atomic E-state index is 0. The molecule has 5 rings (SSSR count). The molecule has 0 atom stereocenters. The number of H-pyrrole nitrogens is 2. The summed E-state index contributed by atoms with van der Waals surface area (Å²) in [5, 5.41) is 0. The summed E-state index contributed by atoms with van der Waals surface area (Å²) in [6.45, 7) is 0. The fraction of sp³-hybridized carbons (Fsp3) is 0.273. The van der Waals surface area contributed by atoms with Gasteiger partial charge in [0.25, 0.3) is 0 Å². The maximum atomic E-state index is 15.2. The van der Waals surface area contributed by atoms with Crippen molar-refractivity contribution in [1.82, 2.24) is 24.9 Å². The van der Waals surface area contributed by atoms with Crippen molar-refractivity contribution >= 4 is 29.2 Å². The lowest BCUT2D eigenvalue weighted by molar-refractivity contribution is -0.141. The maximum Gasteiger partial charge on any atom is 0.434 e. The molecule has 34 heavy (non-hydrogen) atoms. The van der Waals surface area contributed by atoms with E-state index in [9.17, 15) is 18.0 Å². The molecule has 1 saturated carbocycles. The Hall–Kier alpha value is -3.31. The van der Waals surface area contributed by atoms with Crippen molar-refractivity contribution in [1.29, 1.82) is 0 Å². The van der Waals surface area contributed by atoms with Crippen LogP contribution in [0.2, 0.25) is 0 Å². The molecule has 0 bridgehead atoms. The van der Waals surface area contributed by atoms with E-state index in [2.05, 4.69) is 24.9 Å². The number of nitrogens with one attached hydrogen (secondary N) is 2. The minimum atomic E-state index is -4.77. The number of imidazole rings is 1. The van der Waals surface area contributed by atoms with Gasteiger partial charge in [-0.25, -0.2) is 9.37 Å². The average molecular weight is 496 g/mol. The Morgan fingerprint density at radius 2 is 2.00 bits per heavy atom. The fourth-order valence-corrected chi connectivity index (χ4v) is 4.06. The van der Waals surface area contributed by atoms with Gasteiger partial charge in [-0.2, -0.15) is 13.2 Å². The number of ketones is 1. The van der Waals surface area contributed by atoms with Crippen LogP contribution in [0.15, 0.2) is 36.8 Å². The van der Waals surface area contributed by atoms with E-state index in [1.807, 2.05) is 0 Å². The molecule has 12 heteroatoms. The van der Waals surface area contributed by atoms with Gasteiger partial charge in [0.05, 0.1) is 17.5 Å². The molecule has 0 amide bonds. The number of hydrogen-bond donors (Lipinski definition) is 2. The number of carbonyl (C=O) groups is 1. The quantitative estimate of drug-likeness (QED) is 0.293. The van der Waals surface area contributed by atoms with Gasteiger partial charge in [-0.15, -0.1) is 12.4 Å². The first-order valence-corrected chi connectivity index (χ1v) is 10.1. The number of methoxy groups -OCH3 is 1. The number of pyridine rings is 2. The highest BCUT2D eigenvalue weighted by Crippen LogP contribution is 2.45. The molecule has 2 N–H and O–H groups in total. The number of carbonyl (C=O) groups excluding carboxylic acids is 1. The number of hydrogen-bond acceptors (Lipinski definition) is 5. The van der Waals surface area contributed by atoms with E-state index in [0.717, 1.165) is 18.7 Å². The second kappa shape index (κ2) is 8.48. The molecule has 0 spiro atoms. The predicted molar refractivity (Wildman–Crippen MR) is 116 cm³/mol. The Balaban J connectivity index is 0.00000274. The van der Waals surface area contributed by atoms with Gasteiger partial charge >= 0.3 is 6.18 Å². The third-order valence-corrected chi connectivity index (χ3v) is 5.98. The van der Waals surface area contributed by atoms with E-state index in [4.69, 9.17) is 4.74 Å². The van der Waals surface area contributed by atoms with Crippen molar-refractivity contribution in [2.24, 2.45) is 0 Å². The van der Waals surface area contributed by atoms with Crippen LogP contribution in [0.1, 0.15) is 46.6 Å². The highest BCUT2D eigenvalue weighted by molar-refractivity contribution is 6.10. The number of halogens is 5. The van der Waals surface area contributed by atoms with Crippen LogP contribution >= 0.6 is 12.4 Å². The van der Waals surface area contributed by atoms with Crippen LogP contribution in [0.3, 0.4) is 0 Å². The largest absolute Gasteiger partial charge is 0.434 e. The number of aromatic amines is 2. The zero-order valence-corrected chi connectivity index (χ0v) is 18.5. The average Bonchev–Trinajstić information content (AvgIpc) is 3.41. The van der Waals surface area contributed by atoms with Gasteiger partial charge in [0.15, 0.2) is 23.1 Å². The molecule has 0 aliphatic heterocycles. The van der Waals surface area contributed by atoms with Crippen LogP contribution in [0.25, 0.3) is 22.6 Å². The molecular formula is C22H18ClF4N5O2. The van der Waals surface area contributed by atoms with Gasteiger partial charge in [-0.3, -0.25) is 14.8 Å². The second-order valence-electron chi connectivity index (χ2n) is 7.85. The van der Waals surface area contributed by atoms with Crippen LogP contribution in [-0.2, 0) is 16.5 Å². The van der Waals surface area contributed by atoms with Crippen LogP contribution < -0.4 is 0 Å². The molecule has 1 fully saturated rings. The van der Waals surface area contributed by atoms with Gasteiger partial charge < -0.3 is 14.7 Å². The molecule has 4 aromatic rings. The van der Waals surface area contributed by atoms with Crippen molar-refractivity contribution < 1.29 is 27.1 Å². The second-order valence-corrected chi connectivity index (χ2v) is 7.85. The third kappa shape index (κ3) is 3.74. The first-order valence-electron chi connectivity index (χ1n) is 10.1. The summed E-state index contributed by atoms with van der Waals surface area (Å²) in [7, 11) is 1.52. The van der Waals surface area contributed by atoms with Crippen LogP contribution in [0.4, 0.5) is 17.6 Å². The van der Waals surface area contributed by atoms with Gasteiger partial charge in [0, 0.05) is 25.1 Å². The van der Waals surface area contributed by atoms with Gasteiger partial charge in [-0.05, 0) is 37.5 Å². The summed E-state index contributed by atoms with van der Waals surface area (Å²) in [6.07, 6.45) is 1.15. The van der Waals surface area contributed by atoms with E-state index < -0.39 is 34.6 Å². The molecule has 7 nitrogen and oxygen atoms in total. The van der Waals surface area contributed by atoms with E-state index in [-0.39, 0.29) is 40.5 Å². The van der Waals surface area contributed by atoms with Gasteiger partial charge in [0.2, 0.25) is 0 Å². The molecule has 178 valence electrons. The summed E-state index contributed by atoms with van der Waals surface area (Å²) in [6, 6.07) is 3.68. The van der Waals surface area contributed by atoms with Crippen molar-refractivity contribution in [3.63, 3.8) is 0 Å². The topological polar surface area (TPSA) is 96.5 Å². The van der Waals surface area contributed by atoms with Crippen molar-refractivity contribution in [2.75, 3.05) is 7.11 Å². The van der Waals surface area contributed by atoms with E-state index in [1.165, 1.54) is 31.6 Å². The zero-order valence-electron chi connectivity index (χ0n) is 17.7. The predicted octanol–water partition coefficient (Wildman–Crippen LogP) is 5.18. The molecule has 1 aliphatic rings. The fourth-order valence-electron chi connectivity index (χ4n) is 4.06. The minimum Gasteiger partial charge on any atom is -0.372 e. The highest BCUT2D eigenvalue weighted by Gasteiger charge is 2.43. The Morgan fingerprint density at radius 3 is 2.65 bits per heavy atom. The molecule has 4 aromatic heterocycles. The Bertz CT molecular complexity index is 1370. The number of ether oxygens (including phenoxy) is 1. The highest BCUT2D eigenvalue weighted by atomic mass is 35.5. The maximum absolute atomic E-state index is 15.2. The van der Waals surface area contributed by atoms with Crippen molar-refractivity contribution in [2.45, 2.75) is 31.0 Å². The van der Waals surface area contributed by atoms with Gasteiger partial charge in [0.1, 0.15) is 22.3 Å². The summed E-state index contributed by atoms with van der Waals surface area (Å²) < 4.78 is 60.4. The number of aromatic nitrogens is 5. The summed E-state index contributed by atoms with van der Waals surface area (Å²) >= 11 is 0. The Labute approximate surface area is 196 Å². The lowest BCUT2D eigenvalue weighted by atomic mass is 9.77. The van der Waals surface area contributed by atoms with Crippen LogP contribution in [0.5, 0.6) is 0 Å². The van der Waals surface area contributed by atoms with Crippen LogP contribution in [0, 0.1) is 5.82 Å². The lowest BCUT2D eigenvalue weighted by Gasteiger charge is -2.39. The molecule has 0 saturated heterocycles. The standard InChI is InChI=1S/C22H17F4N5O2.ClH/c1-33-21(5-3-6-21)19-15(23)16-14(10-29-19)30-20(31-16)13-8-11(9-28-13)17(32)12-4-2-7-27-18(12)22(24,25)26;/h2,4,7-10,28H,3,5-6H2,1H3,(H,30,31);1H. The molecular weight excluding hydrogens is 478 g/mol. The molecule has 1 aliphatic carbocycles. The normalized spacial score (nSPS) is 15.1. The summed E-state index contributed by atoms with van der Waals surface area (Å²) in [4.78, 5) is 30.3. The lowest BCUT2D eigenvalue weighted by Crippen LogP contribution is -2.38. The monoisotopic (exact) mass is 495 g/mol. The number of alkyl halides is 3. The number of nitrogens with zero attached hydrogens (tertiary/aromatic N) is 3. The third-order valence-electron chi connectivity index (χ3n) is 5.98. The van der Waals surface area contributed by atoms with Crippen molar-refractivity contribution in [3.8, 4) is 11.5 Å². The number of fused-ring (bicyclic) bond motifs is 1.